The number of carbonyl (C=O) groups excluding carboxylic acids is 2. The minimum atomic E-state index is -0.861. The Morgan fingerprint density at radius 3 is 2.18 bits per heavy atom. The highest BCUT2D eigenvalue weighted by Gasteiger charge is 2.30. The minimum Gasteiger partial charge on any atom is -0.481 e. The number of benzene rings is 2. The number of fused-ring (bicyclic) bond motifs is 3. The molecule has 0 radical (unpaired) electrons. The number of aliphatic carboxylic acids is 1. The van der Waals surface area contributed by atoms with E-state index < -0.39 is 18.1 Å². The Kier molecular flexibility index (Phi) is 8.65. The van der Waals surface area contributed by atoms with Gasteiger partial charge >= 0.3 is 12.1 Å². The Morgan fingerprint density at radius 1 is 1.03 bits per heavy atom. The van der Waals surface area contributed by atoms with Gasteiger partial charge in [0.25, 0.3) is 0 Å². The van der Waals surface area contributed by atoms with Crippen LogP contribution in [0.15, 0.2) is 48.5 Å². The first-order chi connectivity index (χ1) is 16.3. The summed E-state index contributed by atoms with van der Waals surface area (Å²) in [6.45, 7) is 2.69. The van der Waals surface area contributed by atoms with Gasteiger partial charge in [-0.2, -0.15) is 0 Å². The topological polar surface area (TPSA) is 108 Å². The monoisotopic (exact) mass is 467 g/mol. The number of nitrogens with one attached hydrogen (secondary N) is 2. The fourth-order valence-corrected chi connectivity index (χ4v) is 4.21. The molecule has 2 atom stereocenters. The number of amides is 2. The van der Waals surface area contributed by atoms with Gasteiger partial charge < -0.3 is 25.4 Å². The number of alkyl carbamates (subject to hydrolysis) is 1. The average molecular weight is 468 g/mol. The van der Waals surface area contributed by atoms with Gasteiger partial charge in [0.15, 0.2) is 0 Å². The molecule has 0 saturated carbocycles. The number of carbonyl (C=O) groups is 3. The van der Waals surface area contributed by atoms with Crippen molar-refractivity contribution >= 4 is 18.0 Å². The van der Waals surface area contributed by atoms with Crippen LogP contribution >= 0.6 is 0 Å². The smallest absolute Gasteiger partial charge is 0.407 e. The van der Waals surface area contributed by atoms with Gasteiger partial charge in [-0.3, -0.25) is 9.59 Å². The van der Waals surface area contributed by atoms with E-state index in [1.165, 1.54) is 0 Å². The predicted molar refractivity (Wildman–Crippen MR) is 130 cm³/mol. The number of hydrogen-bond donors (Lipinski definition) is 3. The van der Waals surface area contributed by atoms with Crippen molar-refractivity contribution in [3.8, 4) is 11.1 Å². The average Bonchev–Trinajstić information content (AvgIpc) is 3.13. The van der Waals surface area contributed by atoms with Crippen molar-refractivity contribution in [2.45, 2.75) is 31.7 Å². The first-order valence-electron chi connectivity index (χ1n) is 11.5. The summed E-state index contributed by atoms with van der Waals surface area (Å²) in [6, 6.07) is 15.4. The Labute approximate surface area is 200 Å². The van der Waals surface area contributed by atoms with Gasteiger partial charge in [0, 0.05) is 25.4 Å². The van der Waals surface area contributed by atoms with E-state index in [2.05, 4.69) is 34.9 Å². The summed E-state index contributed by atoms with van der Waals surface area (Å²) >= 11 is 0. The molecule has 0 aromatic heterocycles. The number of carboxylic acids is 1. The zero-order valence-corrected chi connectivity index (χ0v) is 19.9. The molecule has 0 heterocycles. The summed E-state index contributed by atoms with van der Waals surface area (Å²) in [5, 5.41) is 14.3. The molecule has 2 aromatic rings. The van der Waals surface area contributed by atoms with Crippen LogP contribution in [-0.2, 0) is 14.3 Å². The van der Waals surface area contributed by atoms with Crippen molar-refractivity contribution in [3.05, 3.63) is 59.7 Å². The Bertz CT molecular complexity index is 978. The molecule has 3 N–H and O–H groups in total. The van der Waals surface area contributed by atoms with E-state index >= 15 is 0 Å². The molecule has 0 saturated heterocycles. The molecule has 0 spiro atoms. The number of hydrogen-bond acceptors (Lipinski definition) is 5. The molecular formula is C26H33N3O5. The van der Waals surface area contributed by atoms with Crippen LogP contribution in [0.5, 0.6) is 0 Å². The van der Waals surface area contributed by atoms with Crippen LogP contribution in [0.25, 0.3) is 11.1 Å². The summed E-state index contributed by atoms with van der Waals surface area (Å²) < 4.78 is 5.58. The van der Waals surface area contributed by atoms with Crippen LogP contribution in [0.2, 0.25) is 0 Å². The van der Waals surface area contributed by atoms with Crippen molar-refractivity contribution in [2.24, 2.45) is 5.92 Å². The maximum Gasteiger partial charge on any atom is 0.407 e. The van der Waals surface area contributed by atoms with Crippen LogP contribution in [0.4, 0.5) is 4.79 Å². The van der Waals surface area contributed by atoms with Crippen LogP contribution in [0, 0.1) is 5.92 Å². The molecular weight excluding hydrogens is 434 g/mol. The van der Waals surface area contributed by atoms with Crippen molar-refractivity contribution in [1.82, 2.24) is 15.5 Å². The van der Waals surface area contributed by atoms with E-state index in [9.17, 15) is 14.4 Å². The van der Waals surface area contributed by atoms with Crippen molar-refractivity contribution < 1.29 is 24.2 Å². The minimum absolute atomic E-state index is 0.00881. The zero-order valence-electron chi connectivity index (χ0n) is 19.9. The van der Waals surface area contributed by atoms with E-state index in [-0.39, 0.29) is 30.8 Å². The Hall–Kier alpha value is -3.39. The molecule has 2 amide bonds. The first-order valence-corrected chi connectivity index (χ1v) is 11.5. The third kappa shape index (κ3) is 6.57. The fourth-order valence-electron chi connectivity index (χ4n) is 4.21. The second-order valence-electron chi connectivity index (χ2n) is 9.07. The highest BCUT2D eigenvalue weighted by molar-refractivity contribution is 5.86. The normalized spacial score (nSPS) is 14.1. The quantitative estimate of drug-likeness (QED) is 0.469. The van der Waals surface area contributed by atoms with Gasteiger partial charge in [-0.25, -0.2) is 4.79 Å². The summed E-state index contributed by atoms with van der Waals surface area (Å²) in [7, 11) is 3.63. The van der Waals surface area contributed by atoms with Crippen LogP contribution < -0.4 is 10.6 Å². The summed E-state index contributed by atoms with van der Waals surface area (Å²) in [5.41, 5.74) is 4.53. The molecule has 34 heavy (non-hydrogen) atoms. The molecule has 0 bridgehead atoms. The number of rotatable bonds is 11. The van der Waals surface area contributed by atoms with E-state index in [0.29, 0.717) is 19.5 Å². The predicted octanol–water partition coefficient (Wildman–Crippen LogP) is 3.07. The van der Waals surface area contributed by atoms with Gasteiger partial charge in [0.2, 0.25) is 5.91 Å². The van der Waals surface area contributed by atoms with E-state index in [0.717, 1.165) is 22.3 Å². The molecule has 8 nitrogen and oxygen atoms in total. The first kappa shape index (κ1) is 25.2. The molecule has 0 fully saturated rings. The lowest BCUT2D eigenvalue weighted by Crippen LogP contribution is -2.52. The third-order valence-corrected chi connectivity index (χ3v) is 5.98. The number of carboxylic acid groups (broad SMARTS) is 1. The molecule has 8 heteroatoms. The Balaban J connectivity index is 1.58. The molecule has 0 aliphatic heterocycles. The number of nitrogens with zero attached hydrogens (tertiary/aromatic N) is 1. The summed E-state index contributed by atoms with van der Waals surface area (Å²) in [6.07, 6.45) is -0.132. The maximum absolute atomic E-state index is 12.7. The zero-order chi connectivity index (χ0) is 24.7. The Morgan fingerprint density at radius 2 is 1.62 bits per heavy atom. The fraction of sp³-hybridized carbons (Fsp3) is 0.423. The SMILES string of the molecule is CC(CCC(=O)O)CNC(=O)C(CN(C)C)NC(=O)OCC1c2ccccc2-c2ccccc21. The second-order valence-corrected chi connectivity index (χ2v) is 9.07. The van der Waals surface area contributed by atoms with E-state index in [4.69, 9.17) is 9.84 Å². The highest BCUT2D eigenvalue weighted by Crippen LogP contribution is 2.44. The van der Waals surface area contributed by atoms with Gasteiger partial charge in [0.1, 0.15) is 12.6 Å². The molecule has 182 valence electrons. The van der Waals surface area contributed by atoms with E-state index in [1.807, 2.05) is 50.2 Å². The summed E-state index contributed by atoms with van der Waals surface area (Å²) in [4.78, 5) is 37.9. The number of likely N-dealkylation sites (N-methyl/N-ethyl adjacent to an activating group) is 1. The lowest BCUT2D eigenvalue weighted by Gasteiger charge is -2.23. The van der Waals surface area contributed by atoms with Crippen LogP contribution in [-0.4, -0.2) is 67.8 Å². The van der Waals surface area contributed by atoms with Gasteiger partial charge in [-0.15, -0.1) is 0 Å². The lowest BCUT2D eigenvalue weighted by atomic mass is 9.98. The van der Waals surface area contributed by atoms with Gasteiger partial charge in [-0.05, 0) is 48.7 Å². The summed E-state index contributed by atoms with van der Waals surface area (Å²) in [5.74, 6) is -1.24. The lowest BCUT2D eigenvalue weighted by molar-refractivity contribution is -0.137. The van der Waals surface area contributed by atoms with Crippen molar-refractivity contribution in [2.75, 3.05) is 33.8 Å². The molecule has 3 rings (SSSR count). The molecule has 1 aliphatic carbocycles. The molecule has 1 aliphatic rings. The molecule has 2 aromatic carbocycles. The number of ether oxygens (including phenoxy) is 1. The van der Waals surface area contributed by atoms with E-state index in [1.54, 1.807) is 0 Å². The largest absolute Gasteiger partial charge is 0.481 e. The maximum atomic E-state index is 12.7. The molecule has 2 unspecified atom stereocenters. The second kappa shape index (κ2) is 11.7. The standard InChI is InChI=1S/C26H33N3O5/c1-17(12-13-24(30)31)14-27-25(32)23(15-29(2)3)28-26(33)34-16-22-20-10-6-4-8-18(20)19-9-5-7-11-21(19)22/h4-11,17,22-23H,12-16H2,1-3H3,(H,27,32)(H,28,33)(H,30,31). The van der Waals surface area contributed by atoms with Gasteiger partial charge in [0.05, 0.1) is 0 Å². The van der Waals surface area contributed by atoms with Crippen molar-refractivity contribution in [3.63, 3.8) is 0 Å². The highest BCUT2D eigenvalue weighted by atomic mass is 16.5. The third-order valence-electron chi connectivity index (χ3n) is 5.98. The van der Waals surface area contributed by atoms with Crippen LogP contribution in [0.3, 0.4) is 0 Å². The van der Waals surface area contributed by atoms with Gasteiger partial charge in [-0.1, -0.05) is 55.5 Å². The van der Waals surface area contributed by atoms with Crippen LogP contribution in [0.1, 0.15) is 36.8 Å². The van der Waals surface area contributed by atoms with Crippen molar-refractivity contribution in [1.29, 1.82) is 0 Å².